The standard InChI is InChI=1S/C22H24F2N2O2.ClH/c1-28-18-7-3-15(4-8-18)22-19-12-25-11-16(19)13-26(22)21(27)9-5-14-2-6-17(23)10-20(14)24;/h2-4,6-8,10,16,19,22,25H,5,9,11-13H2,1H3;1H/t16-,19-,22-;/m0./s1. The number of benzene rings is 2. The zero-order valence-electron chi connectivity index (χ0n) is 16.2. The molecule has 2 aromatic carbocycles. The molecule has 1 N–H and O–H groups in total. The summed E-state index contributed by atoms with van der Waals surface area (Å²) in [6.45, 7) is 2.50. The topological polar surface area (TPSA) is 41.6 Å². The summed E-state index contributed by atoms with van der Waals surface area (Å²) in [6.07, 6.45) is 0.479. The summed E-state index contributed by atoms with van der Waals surface area (Å²) in [5.41, 5.74) is 1.47. The number of hydrogen-bond acceptors (Lipinski definition) is 3. The molecule has 4 rings (SSSR count). The highest BCUT2D eigenvalue weighted by Gasteiger charge is 2.46. The van der Waals surface area contributed by atoms with E-state index in [2.05, 4.69) is 5.32 Å². The maximum absolute atomic E-state index is 13.9. The molecule has 2 aromatic rings. The Morgan fingerprint density at radius 1 is 1.17 bits per heavy atom. The van der Waals surface area contributed by atoms with Crippen LogP contribution < -0.4 is 10.1 Å². The average molecular weight is 423 g/mol. The van der Waals surface area contributed by atoms with Gasteiger partial charge in [-0.15, -0.1) is 12.4 Å². The Bertz CT molecular complexity index is 862. The molecule has 2 saturated heterocycles. The second-order valence-corrected chi connectivity index (χ2v) is 7.58. The van der Waals surface area contributed by atoms with Gasteiger partial charge in [0.2, 0.25) is 5.91 Å². The number of carbonyl (C=O) groups is 1. The Kier molecular flexibility index (Phi) is 6.75. The molecule has 2 aliphatic rings. The normalized spacial score (nSPS) is 22.9. The first kappa shape index (κ1) is 21.5. The molecule has 1 amide bonds. The molecule has 0 aromatic heterocycles. The molecule has 0 aliphatic carbocycles. The summed E-state index contributed by atoms with van der Waals surface area (Å²) in [6, 6.07) is 11.4. The third-order valence-electron chi connectivity index (χ3n) is 5.97. The van der Waals surface area contributed by atoms with Gasteiger partial charge in [-0.2, -0.15) is 0 Å². The molecule has 0 unspecified atom stereocenters. The summed E-state index contributed by atoms with van der Waals surface area (Å²) < 4.78 is 32.2. The van der Waals surface area contributed by atoms with Crippen LogP contribution in [0.3, 0.4) is 0 Å². The van der Waals surface area contributed by atoms with Gasteiger partial charge in [0.05, 0.1) is 13.2 Å². The van der Waals surface area contributed by atoms with Crippen LogP contribution in [-0.4, -0.2) is 37.6 Å². The number of halogens is 3. The quantitative estimate of drug-likeness (QED) is 0.798. The van der Waals surface area contributed by atoms with E-state index in [0.717, 1.165) is 30.5 Å². The minimum atomic E-state index is -0.605. The molecule has 0 saturated carbocycles. The van der Waals surface area contributed by atoms with Crippen LogP contribution in [0.15, 0.2) is 42.5 Å². The van der Waals surface area contributed by atoms with Gasteiger partial charge in [-0.3, -0.25) is 4.79 Å². The molecular formula is C22H25ClF2N2O2. The zero-order chi connectivity index (χ0) is 19.7. The fourth-order valence-electron chi connectivity index (χ4n) is 4.51. The van der Waals surface area contributed by atoms with Gasteiger partial charge in [-0.1, -0.05) is 18.2 Å². The summed E-state index contributed by atoms with van der Waals surface area (Å²) >= 11 is 0. The number of carbonyl (C=O) groups excluding carboxylic acids is 1. The van der Waals surface area contributed by atoms with Crippen molar-refractivity contribution in [1.29, 1.82) is 0 Å². The first-order valence-electron chi connectivity index (χ1n) is 9.65. The summed E-state index contributed by atoms with van der Waals surface area (Å²) in [5.74, 6) is 0.402. The minimum Gasteiger partial charge on any atom is -0.497 e. The van der Waals surface area contributed by atoms with E-state index in [0.29, 0.717) is 23.9 Å². The monoisotopic (exact) mass is 422 g/mol. The van der Waals surface area contributed by atoms with Crippen molar-refractivity contribution in [2.45, 2.75) is 18.9 Å². The van der Waals surface area contributed by atoms with Gasteiger partial charge in [0.25, 0.3) is 0 Å². The maximum atomic E-state index is 13.9. The van der Waals surface area contributed by atoms with Crippen molar-refractivity contribution in [3.8, 4) is 5.75 Å². The van der Waals surface area contributed by atoms with Crippen LogP contribution in [0.2, 0.25) is 0 Å². The molecule has 4 nitrogen and oxygen atoms in total. The van der Waals surface area contributed by atoms with Crippen LogP contribution in [-0.2, 0) is 11.2 Å². The molecule has 2 heterocycles. The van der Waals surface area contributed by atoms with Crippen LogP contribution in [0.1, 0.15) is 23.6 Å². The van der Waals surface area contributed by atoms with Crippen molar-refractivity contribution in [2.24, 2.45) is 11.8 Å². The first-order valence-corrected chi connectivity index (χ1v) is 9.65. The first-order chi connectivity index (χ1) is 13.6. The summed E-state index contributed by atoms with van der Waals surface area (Å²) in [4.78, 5) is 15.0. The number of fused-ring (bicyclic) bond motifs is 1. The fourth-order valence-corrected chi connectivity index (χ4v) is 4.51. The Hall–Kier alpha value is -2.18. The van der Waals surface area contributed by atoms with Gasteiger partial charge in [0.1, 0.15) is 17.4 Å². The third-order valence-corrected chi connectivity index (χ3v) is 5.97. The lowest BCUT2D eigenvalue weighted by molar-refractivity contribution is -0.132. The number of methoxy groups -OCH3 is 1. The smallest absolute Gasteiger partial charge is 0.223 e. The van der Waals surface area contributed by atoms with Gasteiger partial charge in [0.15, 0.2) is 0 Å². The third kappa shape index (κ3) is 4.38. The number of likely N-dealkylation sites (tertiary alicyclic amines) is 1. The van der Waals surface area contributed by atoms with Crippen LogP contribution in [0.25, 0.3) is 0 Å². The number of nitrogens with zero attached hydrogens (tertiary/aromatic N) is 1. The maximum Gasteiger partial charge on any atom is 0.223 e. The number of hydrogen-bond donors (Lipinski definition) is 1. The van der Waals surface area contributed by atoms with Crippen molar-refractivity contribution in [2.75, 3.05) is 26.7 Å². The number of nitrogens with one attached hydrogen (secondary N) is 1. The molecule has 2 aliphatic heterocycles. The lowest BCUT2D eigenvalue weighted by Crippen LogP contribution is -2.34. The van der Waals surface area contributed by atoms with E-state index < -0.39 is 11.6 Å². The largest absolute Gasteiger partial charge is 0.497 e. The zero-order valence-corrected chi connectivity index (χ0v) is 17.1. The van der Waals surface area contributed by atoms with Crippen LogP contribution in [0, 0.1) is 23.5 Å². The van der Waals surface area contributed by atoms with E-state index in [9.17, 15) is 13.6 Å². The van der Waals surface area contributed by atoms with Gasteiger partial charge in [-0.25, -0.2) is 8.78 Å². The molecule has 2 fully saturated rings. The van der Waals surface area contributed by atoms with E-state index in [1.807, 2.05) is 29.2 Å². The van der Waals surface area contributed by atoms with E-state index >= 15 is 0 Å². The van der Waals surface area contributed by atoms with Gasteiger partial charge >= 0.3 is 0 Å². The Balaban J connectivity index is 0.00000240. The molecule has 0 radical (unpaired) electrons. The van der Waals surface area contributed by atoms with Gasteiger partial charge in [-0.05, 0) is 41.7 Å². The average Bonchev–Trinajstić information content (AvgIpc) is 3.28. The van der Waals surface area contributed by atoms with Crippen molar-refractivity contribution in [1.82, 2.24) is 10.2 Å². The van der Waals surface area contributed by atoms with Crippen molar-refractivity contribution < 1.29 is 18.3 Å². The Morgan fingerprint density at radius 3 is 2.62 bits per heavy atom. The molecule has 156 valence electrons. The highest BCUT2D eigenvalue weighted by molar-refractivity contribution is 5.85. The number of rotatable bonds is 5. The second-order valence-electron chi connectivity index (χ2n) is 7.58. The van der Waals surface area contributed by atoms with Crippen LogP contribution in [0.4, 0.5) is 8.78 Å². The fraction of sp³-hybridized carbons (Fsp3) is 0.409. The van der Waals surface area contributed by atoms with E-state index in [4.69, 9.17) is 4.74 Å². The lowest BCUT2D eigenvalue weighted by Gasteiger charge is -2.28. The summed E-state index contributed by atoms with van der Waals surface area (Å²) in [5, 5.41) is 3.43. The highest BCUT2D eigenvalue weighted by Crippen LogP contribution is 2.43. The molecule has 3 atom stereocenters. The van der Waals surface area contributed by atoms with Crippen molar-refractivity contribution in [3.05, 3.63) is 65.2 Å². The second kappa shape index (κ2) is 9.09. The predicted molar refractivity (Wildman–Crippen MR) is 109 cm³/mol. The van der Waals surface area contributed by atoms with E-state index in [1.165, 1.54) is 12.1 Å². The van der Waals surface area contributed by atoms with Crippen LogP contribution in [0.5, 0.6) is 5.75 Å². The lowest BCUT2D eigenvalue weighted by atomic mass is 9.89. The van der Waals surface area contributed by atoms with E-state index in [1.54, 1.807) is 7.11 Å². The highest BCUT2D eigenvalue weighted by atomic mass is 35.5. The van der Waals surface area contributed by atoms with E-state index in [-0.39, 0.29) is 37.2 Å². The predicted octanol–water partition coefficient (Wildman–Crippen LogP) is 3.75. The Labute approximate surface area is 175 Å². The molecule has 0 spiro atoms. The molecule has 29 heavy (non-hydrogen) atoms. The van der Waals surface area contributed by atoms with Crippen LogP contribution >= 0.6 is 12.4 Å². The summed E-state index contributed by atoms with van der Waals surface area (Å²) in [7, 11) is 1.63. The van der Waals surface area contributed by atoms with Gasteiger partial charge < -0.3 is 15.0 Å². The van der Waals surface area contributed by atoms with Crippen molar-refractivity contribution >= 4 is 18.3 Å². The SMILES string of the molecule is COc1ccc([C@H]2[C@H]3CNC[C@H]3CN2C(=O)CCc2ccc(F)cc2F)cc1.Cl. The minimum absolute atomic E-state index is 0. The number of aryl methyl sites for hydroxylation is 1. The van der Waals surface area contributed by atoms with Crippen molar-refractivity contribution in [3.63, 3.8) is 0 Å². The number of ether oxygens (including phenoxy) is 1. The van der Waals surface area contributed by atoms with Gasteiger partial charge in [0, 0.05) is 38.0 Å². The molecule has 0 bridgehead atoms. The molecule has 7 heteroatoms. The molecular weight excluding hydrogens is 398 g/mol. The number of amides is 1. The Morgan fingerprint density at radius 2 is 1.93 bits per heavy atom.